The molecule has 0 fully saturated rings. The molecular weight excluding hydrogens is 282 g/mol. The van der Waals surface area contributed by atoms with E-state index in [1.165, 1.54) is 6.08 Å². The lowest BCUT2D eigenvalue weighted by molar-refractivity contribution is -0.111. The minimum Gasteiger partial charge on any atom is -0.322 e. The normalized spacial score (nSPS) is 10.9. The molecule has 108 valence electrons. The summed E-state index contributed by atoms with van der Waals surface area (Å²) in [5.74, 6) is -0.170. The molecule has 0 radical (unpaired) electrons. The van der Waals surface area contributed by atoms with E-state index in [0.717, 1.165) is 27.9 Å². The zero-order valence-corrected chi connectivity index (χ0v) is 13.2. The van der Waals surface area contributed by atoms with E-state index < -0.39 is 0 Å². The zero-order valence-electron chi connectivity index (χ0n) is 12.4. The van der Waals surface area contributed by atoms with Crippen molar-refractivity contribution >= 4 is 29.3 Å². The van der Waals surface area contributed by atoms with Gasteiger partial charge in [-0.2, -0.15) is 0 Å². The molecule has 1 N–H and O–H groups in total. The number of halogens is 1. The van der Waals surface area contributed by atoms with Gasteiger partial charge in [-0.15, -0.1) is 0 Å². The van der Waals surface area contributed by atoms with Gasteiger partial charge >= 0.3 is 0 Å². The van der Waals surface area contributed by atoms with Crippen LogP contribution in [0.2, 0.25) is 5.02 Å². The third kappa shape index (κ3) is 4.47. The Labute approximate surface area is 130 Å². The summed E-state index contributed by atoms with van der Waals surface area (Å²) in [7, 11) is 0. The van der Waals surface area contributed by atoms with E-state index in [1.54, 1.807) is 6.08 Å². The molecule has 0 heterocycles. The first kappa shape index (κ1) is 15.3. The smallest absolute Gasteiger partial charge is 0.248 e. The Morgan fingerprint density at radius 1 is 1.00 bits per heavy atom. The Bertz CT molecular complexity index is 684. The summed E-state index contributed by atoms with van der Waals surface area (Å²) >= 11 is 6.13. The van der Waals surface area contributed by atoms with Gasteiger partial charge < -0.3 is 5.32 Å². The highest BCUT2D eigenvalue weighted by atomic mass is 35.5. The Balaban J connectivity index is 2.09. The van der Waals surface area contributed by atoms with Crippen molar-refractivity contribution in [1.29, 1.82) is 0 Å². The third-order valence-electron chi connectivity index (χ3n) is 3.06. The predicted molar refractivity (Wildman–Crippen MR) is 89.8 cm³/mol. The molecule has 3 heteroatoms. The number of carbonyl (C=O) groups is 1. The van der Waals surface area contributed by atoms with Crippen molar-refractivity contribution in [1.82, 2.24) is 0 Å². The van der Waals surface area contributed by atoms with Crippen molar-refractivity contribution in [3.63, 3.8) is 0 Å². The Morgan fingerprint density at radius 2 is 1.67 bits per heavy atom. The predicted octanol–water partition coefficient (Wildman–Crippen LogP) is 4.92. The Hall–Kier alpha value is -2.06. The molecule has 0 unspecified atom stereocenters. The van der Waals surface area contributed by atoms with E-state index in [-0.39, 0.29) is 5.91 Å². The molecule has 0 aliphatic heterocycles. The van der Waals surface area contributed by atoms with Crippen LogP contribution < -0.4 is 5.32 Å². The monoisotopic (exact) mass is 299 g/mol. The fourth-order valence-corrected chi connectivity index (χ4v) is 2.46. The number of anilines is 1. The van der Waals surface area contributed by atoms with E-state index in [1.807, 2.05) is 51.1 Å². The van der Waals surface area contributed by atoms with E-state index in [0.29, 0.717) is 5.02 Å². The molecule has 2 nitrogen and oxygen atoms in total. The average molecular weight is 300 g/mol. The van der Waals surface area contributed by atoms with Crippen molar-refractivity contribution < 1.29 is 4.79 Å². The highest BCUT2D eigenvalue weighted by Gasteiger charge is 2.01. The number of benzene rings is 2. The molecule has 2 aromatic carbocycles. The molecule has 0 saturated carbocycles. The van der Waals surface area contributed by atoms with Crippen LogP contribution in [0.25, 0.3) is 6.08 Å². The van der Waals surface area contributed by atoms with Crippen molar-refractivity contribution in [2.45, 2.75) is 20.8 Å². The van der Waals surface area contributed by atoms with Crippen LogP contribution in [0.3, 0.4) is 0 Å². The zero-order chi connectivity index (χ0) is 15.4. The van der Waals surface area contributed by atoms with E-state index >= 15 is 0 Å². The van der Waals surface area contributed by atoms with Gasteiger partial charge in [0, 0.05) is 16.8 Å². The molecule has 0 atom stereocenters. The van der Waals surface area contributed by atoms with Crippen LogP contribution in [-0.2, 0) is 4.79 Å². The topological polar surface area (TPSA) is 29.1 Å². The van der Waals surface area contributed by atoms with Gasteiger partial charge in [0.05, 0.1) is 0 Å². The van der Waals surface area contributed by atoms with Gasteiger partial charge in [-0.05, 0) is 67.3 Å². The average Bonchev–Trinajstić information content (AvgIpc) is 2.36. The van der Waals surface area contributed by atoms with E-state index in [4.69, 9.17) is 11.6 Å². The lowest BCUT2D eigenvalue weighted by Gasteiger charge is -2.05. The first-order valence-corrected chi connectivity index (χ1v) is 7.15. The van der Waals surface area contributed by atoms with Crippen molar-refractivity contribution in [2.24, 2.45) is 0 Å². The van der Waals surface area contributed by atoms with Crippen LogP contribution in [0.4, 0.5) is 5.69 Å². The first-order valence-electron chi connectivity index (χ1n) is 6.77. The minimum atomic E-state index is -0.170. The van der Waals surface area contributed by atoms with Gasteiger partial charge in [-0.1, -0.05) is 29.8 Å². The van der Waals surface area contributed by atoms with Crippen LogP contribution in [0.1, 0.15) is 22.3 Å². The molecular formula is C18H18ClNO. The second-order valence-corrected chi connectivity index (χ2v) is 5.63. The molecule has 2 aromatic rings. The third-order valence-corrected chi connectivity index (χ3v) is 3.39. The summed E-state index contributed by atoms with van der Waals surface area (Å²) < 4.78 is 0. The highest BCUT2D eigenvalue weighted by Crippen LogP contribution is 2.19. The van der Waals surface area contributed by atoms with Crippen LogP contribution in [0.5, 0.6) is 0 Å². The SMILES string of the molecule is Cc1cc(C)cc(NC(=O)C=Cc2ccc(C)cc2Cl)c1. The molecule has 0 spiro atoms. The summed E-state index contributed by atoms with van der Waals surface area (Å²) in [6, 6.07) is 11.7. The standard InChI is InChI=1S/C18H18ClNO/c1-12-4-5-15(17(19)11-12)6-7-18(21)20-16-9-13(2)8-14(3)10-16/h4-11H,1-3H3,(H,20,21). The number of rotatable bonds is 3. The van der Waals surface area contributed by atoms with Crippen LogP contribution >= 0.6 is 11.6 Å². The highest BCUT2D eigenvalue weighted by molar-refractivity contribution is 6.32. The number of amides is 1. The molecule has 0 saturated heterocycles. The van der Waals surface area contributed by atoms with Gasteiger partial charge in [0.2, 0.25) is 5.91 Å². The van der Waals surface area contributed by atoms with Gasteiger partial charge in [0.15, 0.2) is 0 Å². The van der Waals surface area contributed by atoms with Gasteiger partial charge in [-0.3, -0.25) is 4.79 Å². The lowest BCUT2D eigenvalue weighted by atomic mass is 10.1. The van der Waals surface area contributed by atoms with E-state index in [9.17, 15) is 4.79 Å². The summed E-state index contributed by atoms with van der Waals surface area (Å²) in [6.45, 7) is 5.99. The fraction of sp³-hybridized carbons (Fsp3) is 0.167. The lowest BCUT2D eigenvalue weighted by Crippen LogP contribution is -2.08. The van der Waals surface area contributed by atoms with Crippen molar-refractivity contribution in [3.05, 3.63) is 69.8 Å². The molecule has 0 bridgehead atoms. The summed E-state index contributed by atoms with van der Waals surface area (Å²) in [4.78, 5) is 11.9. The molecule has 21 heavy (non-hydrogen) atoms. The van der Waals surface area contributed by atoms with Crippen molar-refractivity contribution in [2.75, 3.05) is 5.32 Å². The quantitative estimate of drug-likeness (QED) is 0.801. The number of aryl methyl sites for hydroxylation is 3. The van der Waals surface area contributed by atoms with Crippen LogP contribution in [-0.4, -0.2) is 5.91 Å². The summed E-state index contributed by atoms with van der Waals surface area (Å²) in [5.41, 5.74) is 4.97. The Morgan fingerprint density at radius 3 is 2.29 bits per heavy atom. The minimum absolute atomic E-state index is 0.170. The molecule has 2 rings (SSSR count). The first-order chi connectivity index (χ1) is 9.94. The second kappa shape index (κ2) is 6.59. The van der Waals surface area contributed by atoms with Gasteiger partial charge in [0.1, 0.15) is 0 Å². The number of hydrogen-bond acceptors (Lipinski definition) is 1. The number of hydrogen-bond donors (Lipinski definition) is 1. The van der Waals surface area contributed by atoms with Crippen molar-refractivity contribution in [3.8, 4) is 0 Å². The van der Waals surface area contributed by atoms with Crippen LogP contribution in [0, 0.1) is 20.8 Å². The molecule has 0 aliphatic rings. The molecule has 1 amide bonds. The largest absolute Gasteiger partial charge is 0.322 e. The summed E-state index contributed by atoms with van der Waals surface area (Å²) in [6.07, 6.45) is 3.22. The summed E-state index contributed by atoms with van der Waals surface area (Å²) in [5, 5.41) is 3.50. The maximum atomic E-state index is 11.9. The maximum Gasteiger partial charge on any atom is 0.248 e. The molecule has 0 aromatic heterocycles. The van der Waals surface area contributed by atoms with Crippen LogP contribution in [0.15, 0.2) is 42.5 Å². The van der Waals surface area contributed by atoms with Gasteiger partial charge in [-0.25, -0.2) is 0 Å². The fourth-order valence-electron chi connectivity index (χ4n) is 2.16. The second-order valence-electron chi connectivity index (χ2n) is 5.22. The Kier molecular flexibility index (Phi) is 4.81. The number of carbonyl (C=O) groups excluding carboxylic acids is 1. The molecule has 0 aliphatic carbocycles. The maximum absolute atomic E-state index is 11.9. The van der Waals surface area contributed by atoms with E-state index in [2.05, 4.69) is 11.4 Å². The van der Waals surface area contributed by atoms with Gasteiger partial charge in [0.25, 0.3) is 0 Å². The number of nitrogens with one attached hydrogen (secondary N) is 1.